The fourth-order valence-corrected chi connectivity index (χ4v) is 11.6. The summed E-state index contributed by atoms with van der Waals surface area (Å²) in [6.07, 6.45) is 16.7. The van der Waals surface area contributed by atoms with E-state index in [0.717, 1.165) is 37.9 Å². The monoisotopic (exact) mass is 516 g/mol. The maximum atomic E-state index is 14.4. The fraction of sp³-hybridized carbons (Fsp3) is 0.735. The van der Waals surface area contributed by atoms with Crippen molar-refractivity contribution in [3.63, 3.8) is 0 Å². The summed E-state index contributed by atoms with van der Waals surface area (Å²) in [6.45, 7) is 20.7. The standard InChI is InChI=1S/C34H48N2O2/c1-21(2)23-11-16-34(29(38)36-20-19-35-22(36)3)18-17-32(7)24(28(23)34)9-10-26-31(6)14-13-27(37)30(4,5)25(31)12-15-33(26,32)8/h13-14,19-20,23-26,28H,1,9-12,15-18H2,2-8H3/t23-,24?,25?,26?,28?,31-,32+,33+,34-/m0/s1. The van der Waals surface area contributed by atoms with E-state index in [1.807, 2.05) is 23.8 Å². The minimum absolute atomic E-state index is 0.0418. The topological polar surface area (TPSA) is 52.0 Å². The first kappa shape index (κ1) is 26.3. The molecule has 9 atom stereocenters. The molecule has 4 heteroatoms. The first-order valence-electron chi connectivity index (χ1n) is 15.2. The molecule has 0 aromatic carbocycles. The fourth-order valence-electron chi connectivity index (χ4n) is 11.6. The van der Waals surface area contributed by atoms with E-state index in [0.29, 0.717) is 35.4 Å². The predicted molar refractivity (Wildman–Crippen MR) is 151 cm³/mol. The molecular formula is C34H48N2O2. The molecular weight excluding hydrogens is 468 g/mol. The second-order valence-corrected chi connectivity index (χ2v) is 15.3. The second kappa shape index (κ2) is 8.04. The normalized spacial score (nSPS) is 47.0. The first-order chi connectivity index (χ1) is 17.7. The molecule has 4 fully saturated rings. The lowest BCUT2D eigenvalue weighted by Crippen LogP contribution is -2.66. The average molecular weight is 517 g/mol. The average Bonchev–Trinajstić information content (AvgIpc) is 3.46. The Morgan fingerprint density at radius 2 is 1.71 bits per heavy atom. The highest BCUT2D eigenvalue weighted by Crippen LogP contribution is 2.77. The Morgan fingerprint density at radius 3 is 2.37 bits per heavy atom. The maximum Gasteiger partial charge on any atom is 0.238 e. The summed E-state index contributed by atoms with van der Waals surface area (Å²) in [5, 5.41) is 0. The highest BCUT2D eigenvalue weighted by Gasteiger charge is 2.71. The molecule has 5 aliphatic rings. The Hall–Kier alpha value is -1.97. The summed E-state index contributed by atoms with van der Waals surface area (Å²) in [6, 6.07) is 0. The third-order valence-electron chi connectivity index (χ3n) is 13.8. The van der Waals surface area contributed by atoms with Crippen molar-refractivity contribution in [2.45, 2.75) is 99.8 Å². The number of imidazole rings is 1. The van der Waals surface area contributed by atoms with Gasteiger partial charge in [-0.05, 0) is 117 Å². The van der Waals surface area contributed by atoms with Crippen LogP contribution in [0, 0.1) is 63.6 Å². The number of rotatable bonds is 2. The molecule has 6 rings (SSSR count). The summed E-state index contributed by atoms with van der Waals surface area (Å²) >= 11 is 0. The van der Waals surface area contributed by atoms with Gasteiger partial charge in [0, 0.05) is 17.8 Å². The molecule has 0 bridgehead atoms. The van der Waals surface area contributed by atoms with Crippen molar-refractivity contribution in [2.24, 2.45) is 56.7 Å². The smallest absolute Gasteiger partial charge is 0.238 e. The third kappa shape index (κ3) is 3.01. The van der Waals surface area contributed by atoms with Crippen LogP contribution < -0.4 is 0 Å². The van der Waals surface area contributed by atoms with Crippen LogP contribution in [0.5, 0.6) is 0 Å². The van der Waals surface area contributed by atoms with Gasteiger partial charge in [-0.3, -0.25) is 14.2 Å². The van der Waals surface area contributed by atoms with Gasteiger partial charge in [0.2, 0.25) is 5.91 Å². The van der Waals surface area contributed by atoms with Gasteiger partial charge in [-0.1, -0.05) is 52.8 Å². The van der Waals surface area contributed by atoms with Crippen LogP contribution in [0.4, 0.5) is 0 Å². The van der Waals surface area contributed by atoms with E-state index in [1.54, 1.807) is 6.20 Å². The van der Waals surface area contributed by atoms with Crippen molar-refractivity contribution in [1.82, 2.24) is 9.55 Å². The SMILES string of the molecule is C=C(C)[C@@H]1CC[C@]2(C(=O)n3ccnc3C)CC[C@]3(C)C(CCC4[C@@]5(C)C=CC(=O)C(C)(C)C5CC[C@]43C)C12. The number of aromatic nitrogens is 2. The van der Waals surface area contributed by atoms with E-state index in [2.05, 4.69) is 59.2 Å². The van der Waals surface area contributed by atoms with Crippen LogP contribution in [-0.4, -0.2) is 21.2 Å². The van der Waals surface area contributed by atoms with Gasteiger partial charge in [-0.25, -0.2) is 4.98 Å². The van der Waals surface area contributed by atoms with E-state index in [9.17, 15) is 9.59 Å². The molecule has 0 spiro atoms. The molecule has 0 radical (unpaired) electrons. The highest BCUT2D eigenvalue weighted by atomic mass is 16.2. The number of carbonyl (C=O) groups is 2. The van der Waals surface area contributed by atoms with Gasteiger partial charge in [0.15, 0.2) is 5.78 Å². The van der Waals surface area contributed by atoms with Gasteiger partial charge in [-0.15, -0.1) is 0 Å². The number of carbonyl (C=O) groups excluding carboxylic acids is 2. The van der Waals surface area contributed by atoms with Gasteiger partial charge in [-0.2, -0.15) is 0 Å². The number of fused-ring (bicyclic) bond motifs is 7. The Labute approximate surface area is 229 Å². The number of nitrogens with zero attached hydrogens (tertiary/aromatic N) is 2. The number of allylic oxidation sites excluding steroid dienone is 3. The van der Waals surface area contributed by atoms with Crippen LogP contribution in [0.3, 0.4) is 0 Å². The van der Waals surface area contributed by atoms with Crippen LogP contribution in [0.1, 0.15) is 104 Å². The van der Waals surface area contributed by atoms with Crippen LogP contribution >= 0.6 is 0 Å². The van der Waals surface area contributed by atoms with Gasteiger partial charge in [0.25, 0.3) is 0 Å². The summed E-state index contributed by atoms with van der Waals surface area (Å²) in [7, 11) is 0. The zero-order valence-corrected chi connectivity index (χ0v) is 24.8. The van der Waals surface area contributed by atoms with Gasteiger partial charge in [0.05, 0.1) is 5.41 Å². The van der Waals surface area contributed by atoms with Gasteiger partial charge < -0.3 is 0 Å². The lowest BCUT2D eigenvalue weighted by atomic mass is 9.33. The lowest BCUT2D eigenvalue weighted by Gasteiger charge is -2.71. The number of aryl methyl sites for hydroxylation is 1. The molecule has 0 aliphatic heterocycles. The molecule has 1 aromatic rings. The molecule has 4 nitrogen and oxygen atoms in total. The molecule has 4 unspecified atom stereocenters. The van der Waals surface area contributed by atoms with Gasteiger partial charge in [0.1, 0.15) is 5.82 Å². The lowest BCUT2D eigenvalue weighted by molar-refractivity contribution is -0.213. The molecule has 5 aliphatic carbocycles. The summed E-state index contributed by atoms with van der Waals surface area (Å²) in [5.74, 6) is 3.60. The van der Waals surface area contributed by atoms with Crippen LogP contribution in [0.25, 0.3) is 0 Å². The maximum absolute atomic E-state index is 14.4. The number of hydrogen-bond acceptors (Lipinski definition) is 3. The molecule has 0 N–H and O–H groups in total. The zero-order chi connectivity index (χ0) is 27.5. The minimum Gasteiger partial charge on any atom is -0.294 e. The van der Waals surface area contributed by atoms with Crippen molar-refractivity contribution >= 4 is 11.7 Å². The van der Waals surface area contributed by atoms with Crippen molar-refractivity contribution in [3.8, 4) is 0 Å². The molecule has 1 aromatic heterocycles. The van der Waals surface area contributed by atoms with Crippen molar-refractivity contribution < 1.29 is 9.59 Å². The van der Waals surface area contributed by atoms with E-state index in [4.69, 9.17) is 0 Å². The van der Waals surface area contributed by atoms with E-state index in [-0.39, 0.29) is 33.0 Å². The summed E-state index contributed by atoms with van der Waals surface area (Å²) in [5.41, 5.74) is 1.04. The predicted octanol–water partition coefficient (Wildman–Crippen LogP) is 7.83. The minimum atomic E-state index is -0.317. The third-order valence-corrected chi connectivity index (χ3v) is 13.8. The largest absolute Gasteiger partial charge is 0.294 e. The second-order valence-electron chi connectivity index (χ2n) is 15.3. The zero-order valence-electron chi connectivity index (χ0n) is 24.8. The molecule has 1 heterocycles. The van der Waals surface area contributed by atoms with E-state index >= 15 is 0 Å². The van der Waals surface area contributed by atoms with E-state index in [1.165, 1.54) is 24.8 Å². The van der Waals surface area contributed by atoms with Gasteiger partial charge >= 0.3 is 0 Å². The number of hydrogen-bond donors (Lipinski definition) is 0. The molecule has 0 amide bonds. The first-order valence-corrected chi connectivity index (χ1v) is 15.2. The van der Waals surface area contributed by atoms with Crippen LogP contribution in [0.2, 0.25) is 0 Å². The Balaban J connectivity index is 1.44. The Morgan fingerprint density at radius 1 is 0.974 bits per heavy atom. The highest BCUT2D eigenvalue weighted by molar-refractivity contribution is 5.95. The molecule has 4 saturated carbocycles. The van der Waals surface area contributed by atoms with Crippen LogP contribution in [-0.2, 0) is 4.79 Å². The summed E-state index contributed by atoms with van der Waals surface area (Å²) in [4.78, 5) is 31.8. The van der Waals surface area contributed by atoms with Crippen LogP contribution in [0.15, 0.2) is 36.7 Å². The molecule has 38 heavy (non-hydrogen) atoms. The number of ketones is 1. The van der Waals surface area contributed by atoms with Crippen molar-refractivity contribution in [3.05, 3.63) is 42.5 Å². The molecule has 0 saturated heterocycles. The quantitative estimate of drug-likeness (QED) is 0.376. The van der Waals surface area contributed by atoms with E-state index < -0.39 is 0 Å². The molecule has 206 valence electrons. The Bertz CT molecular complexity index is 1240. The van der Waals surface area contributed by atoms with Crippen molar-refractivity contribution in [1.29, 1.82) is 0 Å². The summed E-state index contributed by atoms with van der Waals surface area (Å²) < 4.78 is 1.85. The van der Waals surface area contributed by atoms with Crippen molar-refractivity contribution in [2.75, 3.05) is 0 Å². The Kier molecular flexibility index (Phi) is 5.56.